The fraction of sp³-hybridized carbons (Fsp3) is 0.391. The molecule has 6 nitrogen and oxygen atoms in total. The van der Waals surface area contributed by atoms with Crippen LogP contribution in [0.2, 0.25) is 5.02 Å². The van der Waals surface area contributed by atoms with Crippen molar-refractivity contribution in [2.45, 2.75) is 39.5 Å². The molecule has 2 heterocycles. The first-order valence-electron chi connectivity index (χ1n) is 9.83. The SMILES string of the molecule is C=CCOC(=O)C1=C(C)NC2=C(C(=O)CC(C)(C)C2)C1c1cc2c(cc1Cl)OCO2. The minimum absolute atomic E-state index is 0.00555. The Bertz CT molecular complexity index is 1020. The predicted molar refractivity (Wildman–Crippen MR) is 112 cm³/mol. The first-order valence-corrected chi connectivity index (χ1v) is 10.2. The first-order chi connectivity index (χ1) is 14.2. The van der Waals surface area contributed by atoms with E-state index in [4.69, 9.17) is 25.8 Å². The van der Waals surface area contributed by atoms with Crippen molar-refractivity contribution in [1.29, 1.82) is 0 Å². The number of carbonyl (C=O) groups is 2. The highest BCUT2D eigenvalue weighted by molar-refractivity contribution is 6.32. The molecule has 7 heteroatoms. The summed E-state index contributed by atoms with van der Waals surface area (Å²) < 4.78 is 16.3. The lowest BCUT2D eigenvalue weighted by atomic mass is 9.68. The molecule has 0 radical (unpaired) electrons. The number of ether oxygens (including phenoxy) is 3. The maximum atomic E-state index is 13.3. The zero-order chi connectivity index (χ0) is 21.6. The molecule has 0 fully saturated rings. The quantitative estimate of drug-likeness (QED) is 0.564. The Morgan fingerprint density at radius 1 is 1.33 bits per heavy atom. The van der Waals surface area contributed by atoms with Crippen molar-refractivity contribution in [3.63, 3.8) is 0 Å². The minimum Gasteiger partial charge on any atom is -0.458 e. The Labute approximate surface area is 180 Å². The molecule has 2 aliphatic heterocycles. The lowest BCUT2D eigenvalue weighted by molar-refractivity contribution is -0.138. The lowest BCUT2D eigenvalue weighted by Crippen LogP contribution is -2.38. The Morgan fingerprint density at radius 2 is 2.03 bits per heavy atom. The summed E-state index contributed by atoms with van der Waals surface area (Å²) in [6, 6.07) is 3.42. The molecule has 3 aliphatic rings. The van der Waals surface area contributed by atoms with Crippen molar-refractivity contribution >= 4 is 23.4 Å². The molecule has 1 aromatic rings. The third-order valence-electron chi connectivity index (χ3n) is 5.59. The van der Waals surface area contributed by atoms with Crippen LogP contribution in [0.5, 0.6) is 11.5 Å². The minimum atomic E-state index is -0.649. The topological polar surface area (TPSA) is 73.9 Å². The molecule has 1 N–H and O–H groups in total. The summed E-state index contributed by atoms with van der Waals surface area (Å²) in [7, 11) is 0. The summed E-state index contributed by atoms with van der Waals surface area (Å²) >= 11 is 6.62. The van der Waals surface area contributed by atoms with E-state index in [1.165, 1.54) is 6.08 Å². The van der Waals surface area contributed by atoms with E-state index in [-0.39, 0.29) is 24.6 Å². The van der Waals surface area contributed by atoms with Gasteiger partial charge in [0, 0.05) is 40.4 Å². The third kappa shape index (κ3) is 3.49. The van der Waals surface area contributed by atoms with Crippen LogP contribution in [0.4, 0.5) is 0 Å². The van der Waals surface area contributed by atoms with Crippen molar-refractivity contribution in [1.82, 2.24) is 5.32 Å². The number of halogens is 1. The fourth-order valence-electron chi connectivity index (χ4n) is 4.38. The van der Waals surface area contributed by atoms with Crippen LogP contribution in [-0.2, 0) is 14.3 Å². The average molecular weight is 430 g/mol. The maximum Gasteiger partial charge on any atom is 0.337 e. The molecule has 0 saturated carbocycles. The number of hydrogen-bond acceptors (Lipinski definition) is 6. The fourth-order valence-corrected chi connectivity index (χ4v) is 4.65. The molecule has 0 amide bonds. The average Bonchev–Trinajstić information content (AvgIpc) is 3.10. The van der Waals surface area contributed by atoms with E-state index >= 15 is 0 Å². The monoisotopic (exact) mass is 429 g/mol. The molecule has 0 spiro atoms. The van der Waals surface area contributed by atoms with Crippen LogP contribution in [0, 0.1) is 5.41 Å². The second-order valence-electron chi connectivity index (χ2n) is 8.54. The summed E-state index contributed by atoms with van der Waals surface area (Å²) in [6.45, 7) is 9.71. The number of ketones is 1. The molecule has 1 aliphatic carbocycles. The highest BCUT2D eigenvalue weighted by atomic mass is 35.5. The van der Waals surface area contributed by atoms with Gasteiger partial charge in [-0.2, -0.15) is 0 Å². The summed E-state index contributed by atoms with van der Waals surface area (Å²) in [5.74, 6) is -0.0874. The largest absolute Gasteiger partial charge is 0.458 e. The molecule has 1 aromatic carbocycles. The van der Waals surface area contributed by atoms with Crippen LogP contribution in [0.1, 0.15) is 45.1 Å². The molecule has 1 unspecified atom stereocenters. The van der Waals surface area contributed by atoms with Crippen LogP contribution in [0.3, 0.4) is 0 Å². The lowest BCUT2D eigenvalue weighted by Gasteiger charge is -2.39. The number of rotatable bonds is 4. The van der Waals surface area contributed by atoms with Gasteiger partial charge in [-0.15, -0.1) is 0 Å². The second-order valence-corrected chi connectivity index (χ2v) is 8.95. The van der Waals surface area contributed by atoms with Gasteiger partial charge in [0.1, 0.15) is 6.61 Å². The van der Waals surface area contributed by atoms with Gasteiger partial charge in [-0.25, -0.2) is 4.79 Å². The number of fused-ring (bicyclic) bond motifs is 1. The van der Waals surface area contributed by atoms with E-state index in [2.05, 4.69) is 25.7 Å². The van der Waals surface area contributed by atoms with Gasteiger partial charge in [0.05, 0.1) is 5.57 Å². The molecular formula is C23H24ClNO5. The van der Waals surface area contributed by atoms with E-state index in [1.54, 1.807) is 12.1 Å². The number of esters is 1. The number of carbonyl (C=O) groups excluding carboxylic acids is 2. The molecule has 4 rings (SSSR count). The molecule has 30 heavy (non-hydrogen) atoms. The number of allylic oxidation sites excluding steroid dienone is 3. The van der Waals surface area contributed by atoms with Gasteiger partial charge in [-0.05, 0) is 30.4 Å². The van der Waals surface area contributed by atoms with E-state index in [1.807, 2.05) is 6.92 Å². The molecular weight excluding hydrogens is 406 g/mol. The standard InChI is InChI=1S/C23H24ClNO5/c1-5-6-28-22(27)19-12(2)25-15-9-23(3,4)10-16(26)21(15)20(19)13-7-17-18(8-14(13)24)30-11-29-17/h5,7-8,20,25H,1,6,9-11H2,2-4H3. The molecule has 0 aromatic heterocycles. The van der Waals surface area contributed by atoms with E-state index in [0.717, 1.165) is 5.70 Å². The van der Waals surface area contributed by atoms with Crippen LogP contribution in [0.25, 0.3) is 0 Å². The van der Waals surface area contributed by atoms with Crippen molar-refractivity contribution in [3.8, 4) is 11.5 Å². The molecule has 0 bridgehead atoms. The van der Waals surface area contributed by atoms with Crippen molar-refractivity contribution in [2.24, 2.45) is 5.41 Å². The van der Waals surface area contributed by atoms with Gasteiger partial charge in [-0.3, -0.25) is 4.79 Å². The van der Waals surface area contributed by atoms with Crippen molar-refractivity contribution in [3.05, 3.63) is 57.9 Å². The summed E-state index contributed by atoms with van der Waals surface area (Å²) in [5, 5.41) is 3.70. The van der Waals surface area contributed by atoms with Gasteiger partial charge in [0.15, 0.2) is 17.3 Å². The maximum absolute atomic E-state index is 13.3. The Kier molecular flexibility index (Phi) is 5.14. The highest BCUT2D eigenvalue weighted by Gasteiger charge is 2.44. The zero-order valence-electron chi connectivity index (χ0n) is 17.3. The second kappa shape index (κ2) is 7.51. The van der Waals surface area contributed by atoms with Crippen LogP contribution in [-0.4, -0.2) is 25.2 Å². The normalized spacial score (nSPS) is 21.9. The van der Waals surface area contributed by atoms with E-state index in [9.17, 15) is 9.59 Å². The van der Waals surface area contributed by atoms with Crippen LogP contribution < -0.4 is 14.8 Å². The highest BCUT2D eigenvalue weighted by Crippen LogP contribution is 2.50. The number of benzene rings is 1. The first kappa shape index (κ1) is 20.5. The molecule has 158 valence electrons. The van der Waals surface area contributed by atoms with E-state index in [0.29, 0.717) is 51.8 Å². The van der Waals surface area contributed by atoms with Gasteiger partial charge < -0.3 is 19.5 Å². The molecule has 0 saturated heterocycles. The van der Waals surface area contributed by atoms with Gasteiger partial charge in [0.25, 0.3) is 0 Å². The van der Waals surface area contributed by atoms with Crippen molar-refractivity contribution in [2.75, 3.05) is 13.4 Å². The number of nitrogens with one attached hydrogen (secondary N) is 1. The van der Waals surface area contributed by atoms with Gasteiger partial charge in [-0.1, -0.05) is 38.1 Å². The summed E-state index contributed by atoms with van der Waals surface area (Å²) in [5.41, 5.74) is 2.84. The number of dihydropyridines is 1. The predicted octanol–water partition coefficient (Wildman–Crippen LogP) is 4.40. The Hall–Kier alpha value is -2.73. The molecule has 1 atom stereocenters. The zero-order valence-corrected chi connectivity index (χ0v) is 18.0. The third-order valence-corrected chi connectivity index (χ3v) is 5.92. The summed E-state index contributed by atoms with van der Waals surface area (Å²) in [6.07, 6.45) is 2.59. The Balaban J connectivity index is 1.89. The van der Waals surface area contributed by atoms with Crippen molar-refractivity contribution < 1.29 is 23.8 Å². The smallest absolute Gasteiger partial charge is 0.337 e. The number of hydrogen-bond donors (Lipinski definition) is 1. The van der Waals surface area contributed by atoms with Gasteiger partial charge in [0.2, 0.25) is 6.79 Å². The summed E-state index contributed by atoms with van der Waals surface area (Å²) in [4.78, 5) is 26.3. The van der Waals surface area contributed by atoms with Crippen LogP contribution >= 0.6 is 11.6 Å². The Morgan fingerprint density at radius 3 is 2.73 bits per heavy atom. The van der Waals surface area contributed by atoms with E-state index < -0.39 is 11.9 Å². The van der Waals surface area contributed by atoms with Crippen LogP contribution in [0.15, 0.2) is 47.3 Å². The number of Topliss-reactive ketones (excluding diaryl/α,β-unsaturated/α-hetero) is 1. The van der Waals surface area contributed by atoms with Gasteiger partial charge >= 0.3 is 5.97 Å².